The fourth-order valence-corrected chi connectivity index (χ4v) is 3.01. The van der Waals surface area contributed by atoms with Gasteiger partial charge in [0, 0.05) is 18.0 Å². The van der Waals surface area contributed by atoms with Crippen molar-refractivity contribution in [2.24, 2.45) is 0 Å². The zero-order chi connectivity index (χ0) is 22.5. The van der Waals surface area contributed by atoms with Crippen LogP contribution in [0.25, 0.3) is 11.0 Å². The molecule has 1 aromatic heterocycles. The smallest absolute Gasteiger partial charge is 0.349 e. The molecule has 0 saturated heterocycles. The predicted molar refractivity (Wildman–Crippen MR) is 117 cm³/mol. The molecule has 0 radical (unpaired) electrons. The van der Waals surface area contributed by atoms with Gasteiger partial charge in [-0.2, -0.15) is 0 Å². The molecule has 0 aliphatic carbocycles. The minimum atomic E-state index is -0.786. The molecule has 0 atom stereocenters. The van der Waals surface area contributed by atoms with Crippen molar-refractivity contribution in [3.63, 3.8) is 0 Å². The van der Waals surface area contributed by atoms with Crippen molar-refractivity contribution in [3.05, 3.63) is 81.7 Å². The number of carbonyl (C=O) groups excluding carboxylic acids is 2. The van der Waals surface area contributed by atoms with Crippen LogP contribution in [-0.2, 0) is 4.79 Å². The predicted octanol–water partition coefficient (Wildman–Crippen LogP) is 3.62. The van der Waals surface area contributed by atoms with E-state index in [1.165, 1.54) is 18.2 Å². The highest BCUT2D eigenvalue weighted by Gasteiger charge is 2.15. The van der Waals surface area contributed by atoms with Gasteiger partial charge in [0.1, 0.15) is 22.6 Å². The summed E-state index contributed by atoms with van der Waals surface area (Å²) >= 11 is 0. The van der Waals surface area contributed by atoms with E-state index in [1.54, 1.807) is 12.1 Å². The first-order valence-electron chi connectivity index (χ1n) is 9.67. The van der Waals surface area contributed by atoms with Gasteiger partial charge in [-0.25, -0.2) is 9.59 Å². The number of hydrogen-bond donors (Lipinski definition) is 1. The lowest BCUT2D eigenvalue weighted by atomic mass is 10.1. The summed E-state index contributed by atoms with van der Waals surface area (Å²) in [5.74, 6) is -0.290. The van der Waals surface area contributed by atoms with Crippen LogP contribution < -0.4 is 20.4 Å². The lowest BCUT2D eigenvalue weighted by molar-refractivity contribution is -0.136. The number of nitrogens with one attached hydrogen (secondary N) is 1. The third-order valence-electron chi connectivity index (χ3n) is 4.80. The van der Waals surface area contributed by atoms with E-state index in [-0.39, 0.29) is 30.0 Å². The fourth-order valence-electron chi connectivity index (χ4n) is 3.01. The summed E-state index contributed by atoms with van der Waals surface area (Å²) in [7, 11) is 0. The standard InChI is InChI=1S/C24H23NO6/c1-5-10-25-23(27)19-11-17-8-9-18(12-20(17)31-24(19)28)30-21(26)13-29-22-15(3)7-6-14(2)16(22)4/h5-9,11-12H,1,10,13H2,2-4H3,(H,25,27). The molecule has 0 saturated carbocycles. The van der Waals surface area contributed by atoms with E-state index in [0.717, 1.165) is 16.7 Å². The average Bonchev–Trinajstić information content (AvgIpc) is 2.74. The average molecular weight is 421 g/mol. The first-order valence-corrected chi connectivity index (χ1v) is 9.67. The van der Waals surface area contributed by atoms with Crippen LogP contribution >= 0.6 is 0 Å². The molecule has 3 rings (SSSR count). The number of hydrogen-bond acceptors (Lipinski definition) is 6. The number of esters is 1. The summed E-state index contributed by atoms with van der Waals surface area (Å²) in [5, 5.41) is 3.05. The van der Waals surface area contributed by atoms with E-state index in [1.807, 2.05) is 32.9 Å². The molecule has 160 valence electrons. The topological polar surface area (TPSA) is 94.8 Å². The molecule has 0 aliphatic rings. The summed E-state index contributed by atoms with van der Waals surface area (Å²) in [4.78, 5) is 36.4. The Balaban J connectivity index is 1.73. The van der Waals surface area contributed by atoms with Crippen LogP contribution in [0, 0.1) is 20.8 Å². The van der Waals surface area contributed by atoms with E-state index >= 15 is 0 Å². The van der Waals surface area contributed by atoms with Crippen LogP contribution in [0.2, 0.25) is 0 Å². The molecule has 0 bridgehead atoms. The number of rotatable bonds is 7. The zero-order valence-corrected chi connectivity index (χ0v) is 17.6. The lowest BCUT2D eigenvalue weighted by Crippen LogP contribution is -2.28. The summed E-state index contributed by atoms with van der Waals surface area (Å²) in [6.07, 6.45) is 1.51. The fraction of sp³-hybridized carbons (Fsp3) is 0.208. The Hall–Kier alpha value is -3.87. The quantitative estimate of drug-likeness (QED) is 0.271. The molecular weight excluding hydrogens is 398 g/mol. The summed E-state index contributed by atoms with van der Waals surface area (Å²) in [6, 6.07) is 9.92. The molecule has 0 spiro atoms. The third kappa shape index (κ3) is 5.01. The van der Waals surface area contributed by atoms with E-state index in [9.17, 15) is 14.4 Å². The normalized spacial score (nSPS) is 10.5. The SMILES string of the molecule is C=CCNC(=O)c1cc2ccc(OC(=O)COc3c(C)ccc(C)c3C)cc2oc1=O. The van der Waals surface area contributed by atoms with Crippen LogP contribution in [0.1, 0.15) is 27.0 Å². The molecule has 1 heterocycles. The van der Waals surface area contributed by atoms with E-state index < -0.39 is 17.5 Å². The Morgan fingerprint density at radius 1 is 1.10 bits per heavy atom. The molecule has 0 fully saturated rings. The van der Waals surface area contributed by atoms with Crippen molar-refractivity contribution in [1.29, 1.82) is 0 Å². The van der Waals surface area contributed by atoms with Crippen molar-refractivity contribution < 1.29 is 23.5 Å². The molecule has 3 aromatic rings. The second kappa shape index (κ2) is 9.30. The number of aryl methyl sites for hydroxylation is 2. The molecule has 7 heteroatoms. The van der Waals surface area contributed by atoms with E-state index in [2.05, 4.69) is 11.9 Å². The summed E-state index contributed by atoms with van der Waals surface area (Å²) in [6.45, 7) is 9.28. The highest BCUT2D eigenvalue weighted by atomic mass is 16.6. The molecule has 31 heavy (non-hydrogen) atoms. The van der Waals surface area contributed by atoms with Gasteiger partial charge in [-0.3, -0.25) is 4.79 Å². The van der Waals surface area contributed by atoms with Gasteiger partial charge in [0.25, 0.3) is 5.91 Å². The monoisotopic (exact) mass is 421 g/mol. The van der Waals surface area contributed by atoms with Crippen molar-refractivity contribution in [2.45, 2.75) is 20.8 Å². The second-order valence-corrected chi connectivity index (χ2v) is 7.06. The number of carbonyl (C=O) groups is 2. The van der Waals surface area contributed by atoms with Gasteiger partial charge >= 0.3 is 11.6 Å². The number of benzene rings is 2. The molecule has 1 N–H and O–H groups in total. The van der Waals surface area contributed by atoms with Gasteiger partial charge in [0.05, 0.1) is 0 Å². The Morgan fingerprint density at radius 3 is 2.58 bits per heavy atom. The Labute approximate surface area is 179 Å². The van der Waals surface area contributed by atoms with E-state index in [4.69, 9.17) is 13.9 Å². The first kappa shape index (κ1) is 21.8. The minimum absolute atomic E-state index is 0.114. The van der Waals surface area contributed by atoms with Crippen molar-refractivity contribution in [3.8, 4) is 11.5 Å². The number of fused-ring (bicyclic) bond motifs is 1. The van der Waals surface area contributed by atoms with E-state index in [0.29, 0.717) is 11.1 Å². The minimum Gasteiger partial charge on any atom is -0.481 e. The molecule has 0 aliphatic heterocycles. The maximum atomic E-state index is 12.2. The molecular formula is C24H23NO6. The molecule has 7 nitrogen and oxygen atoms in total. The van der Waals surface area contributed by atoms with Gasteiger partial charge in [0.15, 0.2) is 6.61 Å². The van der Waals surface area contributed by atoms with Crippen LogP contribution in [-0.4, -0.2) is 25.0 Å². The molecule has 2 aromatic carbocycles. The Kier molecular flexibility index (Phi) is 6.55. The van der Waals surface area contributed by atoms with Gasteiger partial charge < -0.3 is 19.2 Å². The van der Waals surface area contributed by atoms with Gasteiger partial charge in [0.2, 0.25) is 0 Å². The number of ether oxygens (including phenoxy) is 2. The van der Waals surface area contributed by atoms with Crippen LogP contribution in [0.15, 0.2) is 58.3 Å². The Bertz CT molecular complexity index is 1220. The van der Waals surface area contributed by atoms with Crippen LogP contribution in [0.4, 0.5) is 0 Å². The number of amides is 1. The summed E-state index contributed by atoms with van der Waals surface area (Å²) in [5.41, 5.74) is 2.25. The summed E-state index contributed by atoms with van der Waals surface area (Å²) < 4.78 is 16.2. The Morgan fingerprint density at radius 2 is 1.84 bits per heavy atom. The molecule has 0 unspecified atom stereocenters. The van der Waals surface area contributed by atoms with Crippen LogP contribution in [0.5, 0.6) is 11.5 Å². The highest BCUT2D eigenvalue weighted by molar-refractivity contribution is 5.96. The van der Waals surface area contributed by atoms with Crippen LogP contribution in [0.3, 0.4) is 0 Å². The highest BCUT2D eigenvalue weighted by Crippen LogP contribution is 2.26. The van der Waals surface area contributed by atoms with Crippen molar-refractivity contribution >= 4 is 22.8 Å². The van der Waals surface area contributed by atoms with Gasteiger partial charge in [-0.15, -0.1) is 6.58 Å². The van der Waals surface area contributed by atoms with Gasteiger partial charge in [-0.1, -0.05) is 18.2 Å². The largest absolute Gasteiger partial charge is 0.481 e. The van der Waals surface area contributed by atoms with Crippen molar-refractivity contribution in [2.75, 3.05) is 13.2 Å². The first-order chi connectivity index (χ1) is 14.8. The van der Waals surface area contributed by atoms with Gasteiger partial charge in [-0.05, 0) is 55.7 Å². The zero-order valence-electron chi connectivity index (χ0n) is 17.6. The lowest BCUT2D eigenvalue weighted by Gasteiger charge is -2.13. The molecule has 1 amide bonds. The van der Waals surface area contributed by atoms with Crippen molar-refractivity contribution in [1.82, 2.24) is 5.32 Å². The third-order valence-corrected chi connectivity index (χ3v) is 4.80. The maximum Gasteiger partial charge on any atom is 0.349 e. The maximum absolute atomic E-state index is 12.2. The second-order valence-electron chi connectivity index (χ2n) is 7.06.